The predicted octanol–water partition coefficient (Wildman–Crippen LogP) is 3.48. The Hall–Kier alpha value is -2.38. The van der Waals surface area contributed by atoms with Gasteiger partial charge in [0.2, 0.25) is 0 Å². The van der Waals surface area contributed by atoms with Crippen LogP contribution in [-0.4, -0.2) is 41.9 Å². The maximum atomic E-state index is 9.57. The third-order valence-corrected chi connectivity index (χ3v) is 4.91. The lowest BCUT2D eigenvalue weighted by atomic mass is 10.0. The molecule has 0 aliphatic heterocycles. The quantitative estimate of drug-likeness (QED) is 0.702. The number of aliphatic hydroxyl groups excluding tert-OH is 1. The van der Waals surface area contributed by atoms with Crippen LogP contribution >= 0.6 is 11.3 Å². The summed E-state index contributed by atoms with van der Waals surface area (Å²) in [5, 5.41) is 13.7. The summed E-state index contributed by atoms with van der Waals surface area (Å²) in [5.74, 6) is 2.08. The number of anilines is 1. The van der Waals surface area contributed by atoms with Crippen LogP contribution in [0.2, 0.25) is 0 Å². The number of aliphatic hydroxyl groups is 1. The highest BCUT2D eigenvalue weighted by Crippen LogP contribution is 2.42. The molecule has 2 N–H and O–H groups in total. The Morgan fingerprint density at radius 1 is 1.20 bits per heavy atom. The van der Waals surface area contributed by atoms with Gasteiger partial charge in [-0.15, -0.1) is 11.3 Å². The van der Waals surface area contributed by atoms with Crippen LogP contribution in [0.5, 0.6) is 11.5 Å². The molecule has 0 fully saturated rings. The minimum atomic E-state index is -0.464. The average Bonchev–Trinajstić information content (AvgIpc) is 2.95. The molecule has 2 aromatic heterocycles. The van der Waals surface area contributed by atoms with Crippen molar-refractivity contribution in [3.05, 3.63) is 29.4 Å². The van der Waals surface area contributed by atoms with Gasteiger partial charge in [-0.25, -0.2) is 9.97 Å². The molecule has 2 heterocycles. The molecule has 0 spiro atoms. The second-order valence-electron chi connectivity index (χ2n) is 5.74. The first-order valence-corrected chi connectivity index (χ1v) is 8.75. The molecule has 0 saturated heterocycles. The Morgan fingerprint density at radius 2 is 1.96 bits per heavy atom. The van der Waals surface area contributed by atoms with E-state index >= 15 is 0 Å². The van der Waals surface area contributed by atoms with Crippen molar-refractivity contribution in [3.63, 3.8) is 0 Å². The van der Waals surface area contributed by atoms with Gasteiger partial charge in [0.05, 0.1) is 25.7 Å². The van der Waals surface area contributed by atoms with Crippen molar-refractivity contribution in [2.75, 3.05) is 26.1 Å². The molecule has 0 radical (unpaired) electrons. The minimum Gasteiger partial charge on any atom is -0.493 e. The number of benzene rings is 1. The van der Waals surface area contributed by atoms with Crippen molar-refractivity contribution in [2.45, 2.75) is 20.0 Å². The molecule has 3 aromatic rings. The summed E-state index contributed by atoms with van der Waals surface area (Å²) < 4.78 is 10.8. The van der Waals surface area contributed by atoms with E-state index in [-0.39, 0.29) is 0 Å². The average molecular weight is 359 g/mol. The molecule has 0 aliphatic rings. The summed E-state index contributed by atoms with van der Waals surface area (Å²) in [4.78, 5) is 10.8. The van der Waals surface area contributed by atoms with Crippen LogP contribution in [0, 0.1) is 6.92 Å². The van der Waals surface area contributed by atoms with E-state index < -0.39 is 6.10 Å². The number of nitrogens with one attached hydrogen (secondary N) is 1. The maximum absolute atomic E-state index is 9.57. The SMILES string of the molecule is COc1ccc(-c2c(C)sc3ncnc(NCC(C)O)c23)cc1OC. The summed E-state index contributed by atoms with van der Waals surface area (Å²) in [6, 6.07) is 5.85. The molecule has 1 atom stereocenters. The van der Waals surface area contributed by atoms with Gasteiger partial charge in [-0.05, 0) is 31.5 Å². The number of hydrogen-bond donors (Lipinski definition) is 2. The van der Waals surface area contributed by atoms with Crippen LogP contribution in [0.25, 0.3) is 21.3 Å². The largest absolute Gasteiger partial charge is 0.493 e. The van der Waals surface area contributed by atoms with E-state index in [0.29, 0.717) is 18.0 Å². The summed E-state index contributed by atoms with van der Waals surface area (Å²) >= 11 is 1.62. The van der Waals surface area contributed by atoms with Crippen LogP contribution in [-0.2, 0) is 0 Å². The lowest BCUT2D eigenvalue weighted by Gasteiger charge is -2.12. The first-order chi connectivity index (χ1) is 12.0. The number of rotatable bonds is 6. The summed E-state index contributed by atoms with van der Waals surface area (Å²) in [6.45, 7) is 4.22. The predicted molar refractivity (Wildman–Crippen MR) is 101 cm³/mol. The highest BCUT2D eigenvalue weighted by Gasteiger charge is 2.18. The van der Waals surface area contributed by atoms with Gasteiger partial charge in [-0.1, -0.05) is 6.07 Å². The Morgan fingerprint density at radius 3 is 2.64 bits per heavy atom. The van der Waals surface area contributed by atoms with Gasteiger partial charge in [-0.2, -0.15) is 0 Å². The maximum Gasteiger partial charge on any atom is 0.161 e. The van der Waals surface area contributed by atoms with E-state index in [4.69, 9.17) is 9.47 Å². The van der Waals surface area contributed by atoms with Gasteiger partial charge >= 0.3 is 0 Å². The van der Waals surface area contributed by atoms with Crippen molar-refractivity contribution in [1.82, 2.24) is 9.97 Å². The van der Waals surface area contributed by atoms with Gasteiger partial charge in [0.25, 0.3) is 0 Å². The van der Waals surface area contributed by atoms with E-state index in [0.717, 1.165) is 32.0 Å². The number of aromatic nitrogens is 2. The fraction of sp³-hybridized carbons (Fsp3) is 0.333. The molecule has 0 aliphatic carbocycles. The number of hydrogen-bond acceptors (Lipinski definition) is 7. The second-order valence-corrected chi connectivity index (χ2v) is 6.94. The van der Waals surface area contributed by atoms with Crippen molar-refractivity contribution < 1.29 is 14.6 Å². The van der Waals surface area contributed by atoms with Crippen LogP contribution < -0.4 is 14.8 Å². The Labute approximate surface area is 150 Å². The molecule has 6 nitrogen and oxygen atoms in total. The van der Waals surface area contributed by atoms with Crippen LogP contribution in [0.15, 0.2) is 24.5 Å². The number of nitrogens with zero attached hydrogens (tertiary/aromatic N) is 2. The van der Waals surface area contributed by atoms with E-state index in [1.165, 1.54) is 0 Å². The molecule has 1 unspecified atom stereocenters. The monoisotopic (exact) mass is 359 g/mol. The number of aryl methyl sites for hydroxylation is 1. The first-order valence-electron chi connectivity index (χ1n) is 7.93. The fourth-order valence-electron chi connectivity index (χ4n) is 2.76. The lowest BCUT2D eigenvalue weighted by Crippen LogP contribution is -2.16. The normalized spacial score (nSPS) is 12.2. The number of fused-ring (bicyclic) bond motifs is 1. The zero-order valence-electron chi connectivity index (χ0n) is 14.7. The van der Waals surface area contributed by atoms with Gasteiger partial charge in [0.1, 0.15) is 17.0 Å². The Balaban J connectivity index is 2.17. The molecule has 132 valence electrons. The molecule has 0 amide bonds. The number of thiophene rings is 1. The molecule has 0 saturated carbocycles. The third kappa shape index (κ3) is 3.38. The van der Waals surface area contributed by atoms with Crippen LogP contribution in [0.1, 0.15) is 11.8 Å². The highest BCUT2D eigenvalue weighted by molar-refractivity contribution is 7.19. The highest BCUT2D eigenvalue weighted by atomic mass is 32.1. The molecule has 7 heteroatoms. The van der Waals surface area contributed by atoms with Crippen LogP contribution in [0.3, 0.4) is 0 Å². The smallest absolute Gasteiger partial charge is 0.161 e. The van der Waals surface area contributed by atoms with Crippen molar-refractivity contribution >= 4 is 27.4 Å². The van der Waals surface area contributed by atoms with E-state index in [1.54, 1.807) is 38.8 Å². The molecule has 3 rings (SSSR count). The topological polar surface area (TPSA) is 76.5 Å². The van der Waals surface area contributed by atoms with Crippen molar-refractivity contribution in [2.24, 2.45) is 0 Å². The molecule has 0 bridgehead atoms. The summed E-state index contributed by atoms with van der Waals surface area (Å²) in [5.41, 5.74) is 2.07. The fourth-order valence-corrected chi connectivity index (χ4v) is 3.77. The number of methoxy groups -OCH3 is 2. The summed E-state index contributed by atoms with van der Waals surface area (Å²) in [6.07, 6.45) is 1.08. The van der Waals surface area contributed by atoms with Crippen molar-refractivity contribution in [3.8, 4) is 22.6 Å². The zero-order chi connectivity index (χ0) is 18.0. The lowest BCUT2D eigenvalue weighted by molar-refractivity contribution is 0.208. The molecule has 1 aromatic carbocycles. The first kappa shape index (κ1) is 17.4. The van der Waals surface area contributed by atoms with Gasteiger partial charge in [0.15, 0.2) is 11.5 Å². The minimum absolute atomic E-state index is 0.423. The zero-order valence-corrected chi connectivity index (χ0v) is 15.5. The molecular formula is C18H21N3O3S. The number of ether oxygens (including phenoxy) is 2. The van der Waals surface area contributed by atoms with E-state index in [1.807, 2.05) is 18.2 Å². The van der Waals surface area contributed by atoms with E-state index in [2.05, 4.69) is 22.2 Å². The van der Waals surface area contributed by atoms with E-state index in [9.17, 15) is 5.11 Å². The molecule has 25 heavy (non-hydrogen) atoms. The second kappa shape index (κ2) is 7.25. The third-order valence-electron chi connectivity index (χ3n) is 3.90. The Kier molecular flexibility index (Phi) is 5.06. The van der Waals surface area contributed by atoms with Crippen molar-refractivity contribution in [1.29, 1.82) is 0 Å². The Bertz CT molecular complexity index is 893. The standard InChI is InChI=1S/C18H21N3O3S/c1-10(22)8-19-17-16-15(11(2)25-18(16)21-9-20-17)12-5-6-13(23-3)14(7-12)24-4/h5-7,9-10,22H,8H2,1-4H3,(H,19,20,21). The summed E-state index contributed by atoms with van der Waals surface area (Å²) in [7, 11) is 3.24. The van der Waals surface area contributed by atoms with Gasteiger partial charge in [0, 0.05) is 17.0 Å². The molecular weight excluding hydrogens is 338 g/mol. The van der Waals surface area contributed by atoms with Crippen LogP contribution in [0.4, 0.5) is 5.82 Å². The van der Waals surface area contributed by atoms with Gasteiger partial charge in [-0.3, -0.25) is 0 Å². The van der Waals surface area contributed by atoms with Gasteiger partial charge < -0.3 is 19.9 Å².